The largest absolute Gasteiger partial charge is 0.299 e. The predicted octanol–water partition coefficient (Wildman–Crippen LogP) is 4.87. The van der Waals surface area contributed by atoms with Crippen LogP contribution in [0.5, 0.6) is 0 Å². The van der Waals surface area contributed by atoms with Crippen LogP contribution in [0.4, 0.5) is 4.39 Å². The van der Waals surface area contributed by atoms with Crippen LogP contribution in [-0.2, 0) is 22.9 Å². The summed E-state index contributed by atoms with van der Waals surface area (Å²) in [6, 6.07) is 14.3. The highest BCUT2D eigenvalue weighted by atomic mass is 32.2. The van der Waals surface area contributed by atoms with Crippen LogP contribution in [0.25, 0.3) is 0 Å². The summed E-state index contributed by atoms with van der Waals surface area (Å²) < 4.78 is 42.0. The maximum Gasteiger partial charge on any atom is 0.220 e. The van der Waals surface area contributed by atoms with E-state index in [0.717, 1.165) is 50.8 Å². The van der Waals surface area contributed by atoms with Crippen molar-refractivity contribution in [3.8, 4) is 0 Å². The van der Waals surface area contributed by atoms with E-state index in [-0.39, 0.29) is 17.7 Å². The molecular formula is C29H35FN2O2S. The van der Waals surface area contributed by atoms with Crippen molar-refractivity contribution in [1.82, 2.24) is 9.21 Å². The van der Waals surface area contributed by atoms with Crippen LogP contribution >= 0.6 is 0 Å². The number of hydrogen-bond acceptors (Lipinski definition) is 3. The molecule has 0 bridgehead atoms. The van der Waals surface area contributed by atoms with Crippen molar-refractivity contribution in [2.24, 2.45) is 5.92 Å². The summed E-state index contributed by atoms with van der Waals surface area (Å²) in [5, 5.41) is -0.440. The van der Waals surface area contributed by atoms with Crippen molar-refractivity contribution in [3.05, 3.63) is 83.2 Å². The Labute approximate surface area is 208 Å². The number of nitrogens with zero attached hydrogens (tertiary/aromatic N) is 2. The van der Waals surface area contributed by atoms with Crippen molar-refractivity contribution in [2.45, 2.75) is 61.7 Å². The first kappa shape index (κ1) is 23.4. The molecule has 0 amide bonds. The summed E-state index contributed by atoms with van der Waals surface area (Å²) in [6.45, 7) is 7.24. The summed E-state index contributed by atoms with van der Waals surface area (Å²) in [7, 11) is -3.33. The predicted molar refractivity (Wildman–Crippen MR) is 138 cm³/mol. The molecule has 0 N–H and O–H groups in total. The fourth-order valence-electron chi connectivity index (χ4n) is 6.55. The second-order valence-electron chi connectivity index (χ2n) is 11.0. The first-order chi connectivity index (χ1) is 16.9. The summed E-state index contributed by atoms with van der Waals surface area (Å²) in [5.41, 5.74) is 5.06. The van der Waals surface area contributed by atoms with Crippen molar-refractivity contribution >= 4 is 10.0 Å². The summed E-state index contributed by atoms with van der Waals surface area (Å²) >= 11 is 0. The highest BCUT2D eigenvalue weighted by molar-refractivity contribution is 7.90. The van der Waals surface area contributed by atoms with E-state index in [0.29, 0.717) is 25.0 Å². The van der Waals surface area contributed by atoms with Crippen LogP contribution < -0.4 is 0 Å². The van der Waals surface area contributed by atoms with Gasteiger partial charge in [0.2, 0.25) is 10.0 Å². The molecule has 2 saturated heterocycles. The summed E-state index contributed by atoms with van der Waals surface area (Å²) in [6.07, 6.45) is 7.88. The lowest BCUT2D eigenvalue weighted by Crippen LogP contribution is -2.53. The monoisotopic (exact) mass is 494 g/mol. The van der Waals surface area contributed by atoms with E-state index in [1.54, 1.807) is 22.5 Å². The molecule has 2 aliphatic heterocycles. The van der Waals surface area contributed by atoms with Crippen LogP contribution in [0.1, 0.15) is 59.8 Å². The maximum absolute atomic E-state index is 13.9. The molecule has 3 fully saturated rings. The Bertz CT molecular complexity index is 1210. The Morgan fingerprint density at radius 1 is 1.09 bits per heavy atom. The SMILES string of the molecule is C=CC(C1CCC1)S(=O)(=O)N1CC(c2ccc3c(c2)C(Cc2cccc(F)c2)C(N2CCC2)C3)C1. The standard InChI is InChI=1S/C29H35FN2O2S/c1-2-29(21-7-4-8-21)35(33,34)32-18-24(19-32)22-10-11-23-17-28(31-12-5-13-31)27(26(23)16-22)15-20-6-3-9-25(30)14-20/h2-3,6,9-11,14,16,21,24,27-29H,1,4-5,7-8,12-13,15,17-19H2. The van der Waals surface area contributed by atoms with Gasteiger partial charge in [-0.3, -0.25) is 4.90 Å². The van der Waals surface area contributed by atoms with E-state index in [9.17, 15) is 12.8 Å². The van der Waals surface area contributed by atoms with E-state index < -0.39 is 15.3 Å². The number of halogens is 1. The van der Waals surface area contributed by atoms with Gasteiger partial charge in [-0.15, -0.1) is 6.58 Å². The Balaban J connectivity index is 1.21. The number of likely N-dealkylation sites (tertiary alicyclic amines) is 1. The van der Waals surface area contributed by atoms with Crippen molar-refractivity contribution in [3.63, 3.8) is 0 Å². The molecule has 35 heavy (non-hydrogen) atoms. The van der Waals surface area contributed by atoms with E-state index in [4.69, 9.17) is 0 Å². The van der Waals surface area contributed by atoms with Crippen LogP contribution in [0.3, 0.4) is 0 Å². The molecule has 3 atom stereocenters. The lowest BCUT2D eigenvalue weighted by atomic mass is 9.83. The molecule has 4 aliphatic rings. The molecule has 6 heteroatoms. The highest BCUT2D eigenvalue weighted by Gasteiger charge is 2.44. The number of benzene rings is 2. The molecule has 3 unspecified atom stereocenters. The van der Waals surface area contributed by atoms with E-state index in [2.05, 4.69) is 29.7 Å². The van der Waals surface area contributed by atoms with Crippen molar-refractivity contribution in [1.29, 1.82) is 0 Å². The van der Waals surface area contributed by atoms with Gasteiger partial charge in [0.25, 0.3) is 0 Å². The third-order valence-electron chi connectivity index (χ3n) is 9.04. The minimum Gasteiger partial charge on any atom is -0.299 e. The zero-order chi connectivity index (χ0) is 24.2. The second kappa shape index (κ2) is 9.13. The number of hydrogen-bond donors (Lipinski definition) is 0. The van der Waals surface area contributed by atoms with Crippen LogP contribution in [0.2, 0.25) is 0 Å². The maximum atomic E-state index is 13.9. The number of sulfonamides is 1. The third kappa shape index (κ3) is 4.17. The lowest BCUT2D eigenvalue weighted by Gasteiger charge is -2.43. The number of fused-ring (bicyclic) bond motifs is 1. The minimum atomic E-state index is -3.33. The second-order valence-corrected chi connectivity index (χ2v) is 13.1. The van der Waals surface area contributed by atoms with Gasteiger partial charge in [-0.05, 0) is 85.5 Å². The van der Waals surface area contributed by atoms with Gasteiger partial charge < -0.3 is 0 Å². The Morgan fingerprint density at radius 2 is 1.89 bits per heavy atom. The van der Waals surface area contributed by atoms with Gasteiger partial charge in [0, 0.05) is 31.0 Å². The molecule has 2 aromatic rings. The van der Waals surface area contributed by atoms with Gasteiger partial charge in [0.1, 0.15) is 5.82 Å². The molecule has 0 radical (unpaired) electrons. The van der Waals surface area contributed by atoms with Gasteiger partial charge in [0.15, 0.2) is 0 Å². The molecule has 186 valence electrons. The molecular weight excluding hydrogens is 459 g/mol. The van der Waals surface area contributed by atoms with Gasteiger partial charge in [-0.25, -0.2) is 17.1 Å². The van der Waals surface area contributed by atoms with Gasteiger partial charge >= 0.3 is 0 Å². The Kier molecular flexibility index (Phi) is 6.10. The van der Waals surface area contributed by atoms with Crippen LogP contribution in [-0.4, -0.2) is 55.1 Å². The molecule has 1 saturated carbocycles. The molecule has 2 heterocycles. The summed E-state index contributed by atoms with van der Waals surface area (Å²) in [5.74, 6) is 0.638. The quantitative estimate of drug-likeness (QED) is 0.492. The van der Waals surface area contributed by atoms with Gasteiger partial charge in [0.05, 0.1) is 5.25 Å². The zero-order valence-corrected chi connectivity index (χ0v) is 21.1. The third-order valence-corrected chi connectivity index (χ3v) is 11.3. The molecule has 4 nitrogen and oxygen atoms in total. The van der Waals surface area contributed by atoms with Gasteiger partial charge in [-0.2, -0.15) is 0 Å². The van der Waals surface area contributed by atoms with Crippen molar-refractivity contribution in [2.75, 3.05) is 26.2 Å². The molecule has 0 spiro atoms. The Morgan fingerprint density at radius 3 is 2.51 bits per heavy atom. The minimum absolute atomic E-state index is 0.175. The van der Waals surface area contributed by atoms with Gasteiger partial charge in [-0.1, -0.05) is 42.8 Å². The average molecular weight is 495 g/mol. The normalized spacial score (nSPS) is 26.4. The first-order valence-electron chi connectivity index (χ1n) is 13.2. The first-order valence-corrected chi connectivity index (χ1v) is 14.7. The number of rotatable bonds is 8. The molecule has 2 aromatic carbocycles. The molecule has 2 aliphatic carbocycles. The Hall–Kier alpha value is -2.02. The van der Waals surface area contributed by atoms with E-state index in [1.165, 1.54) is 29.2 Å². The average Bonchev–Trinajstić information content (AvgIpc) is 3.05. The fourth-order valence-corrected chi connectivity index (χ4v) is 8.67. The molecule has 0 aromatic heterocycles. The van der Waals surface area contributed by atoms with E-state index >= 15 is 0 Å². The van der Waals surface area contributed by atoms with Crippen molar-refractivity contribution < 1.29 is 12.8 Å². The zero-order valence-electron chi connectivity index (χ0n) is 20.3. The summed E-state index contributed by atoms with van der Waals surface area (Å²) in [4.78, 5) is 2.58. The van der Waals surface area contributed by atoms with E-state index in [1.807, 2.05) is 6.07 Å². The van der Waals surface area contributed by atoms with Crippen LogP contribution in [0, 0.1) is 11.7 Å². The lowest BCUT2D eigenvalue weighted by molar-refractivity contribution is 0.106. The topological polar surface area (TPSA) is 40.6 Å². The molecule has 6 rings (SSSR count). The highest BCUT2D eigenvalue weighted by Crippen LogP contribution is 2.43. The van der Waals surface area contributed by atoms with Crippen LogP contribution in [0.15, 0.2) is 55.1 Å². The smallest absolute Gasteiger partial charge is 0.220 e. The fraction of sp³-hybridized carbons (Fsp3) is 0.517.